The smallest absolute Gasteiger partial charge is 0.334 e. The zero-order chi connectivity index (χ0) is 55.2. The summed E-state index contributed by atoms with van der Waals surface area (Å²) in [7, 11) is 2.80. The standard InChI is InChI=1S/C23H18N4O2S.C18H14N2O3S.C12H11BrO2.C6H4N2OS/c24-18-3-1-2-4-19(18)26-22(28)17-10-15-6-5-14(9-16(15)11-17)12-27-13-25-20-7-8-30-21(20)23(27)29;1-23-18(22)14-7-12-3-2-11(6-13(12)8-14)9-20-10-19-15-4-5-24-16(15)17(20)21;1-15-12(14)11-5-9-3-2-8(7-13)4-10(9)6-11;9-6-5-4(1-2-10-5)7-3-8-6/h1-9,11,13H,10,12,24H2,(H,26,28);2-6,8,10H,7,9H2,1H3;2-4,6H,5,7H2,1H3;1-3H,(H,7,8,9). The Balaban J connectivity index is 0.000000128. The van der Waals surface area contributed by atoms with Crippen molar-refractivity contribution in [2.45, 2.75) is 37.7 Å². The topological polar surface area (TPSA) is 223 Å². The fraction of sp³-hybridized carbons (Fsp3) is 0.136. The number of esters is 2. The number of para-hydroxylation sites is 2. The number of aromatic nitrogens is 6. The fourth-order valence-electron chi connectivity index (χ4n) is 9.09. The summed E-state index contributed by atoms with van der Waals surface area (Å²) in [6, 6.07) is 31.0. The van der Waals surface area contributed by atoms with E-state index in [0.29, 0.717) is 69.0 Å². The summed E-state index contributed by atoms with van der Waals surface area (Å²) < 4.78 is 14.7. The minimum absolute atomic E-state index is 0.0266. The van der Waals surface area contributed by atoms with Gasteiger partial charge in [0.25, 0.3) is 22.6 Å². The molecule has 4 N–H and O–H groups in total. The highest BCUT2D eigenvalue weighted by atomic mass is 79.9. The van der Waals surface area contributed by atoms with E-state index in [0.717, 1.165) is 66.4 Å². The Morgan fingerprint density at radius 3 is 1.56 bits per heavy atom. The van der Waals surface area contributed by atoms with E-state index >= 15 is 0 Å². The van der Waals surface area contributed by atoms with E-state index in [2.05, 4.69) is 59.4 Å². The van der Waals surface area contributed by atoms with Crippen LogP contribution in [-0.4, -0.2) is 61.1 Å². The Kier molecular flexibility index (Phi) is 16.3. The van der Waals surface area contributed by atoms with E-state index in [1.807, 2.05) is 101 Å². The number of nitrogen functional groups attached to an aromatic ring is 1. The maximum Gasteiger partial charge on any atom is 0.334 e. The third kappa shape index (κ3) is 12.1. The Bertz CT molecular complexity index is 4300. The second kappa shape index (κ2) is 23.9. The minimum Gasteiger partial charge on any atom is -0.466 e. The number of carbonyl (C=O) groups is 3. The van der Waals surface area contributed by atoms with Crippen LogP contribution >= 0.6 is 49.9 Å². The number of nitrogens with zero attached hydrogens (tertiary/aromatic N) is 5. The molecule has 3 aliphatic carbocycles. The largest absolute Gasteiger partial charge is 0.466 e. The van der Waals surface area contributed by atoms with Crippen LogP contribution in [0.25, 0.3) is 48.9 Å². The molecule has 0 aliphatic heterocycles. The van der Waals surface area contributed by atoms with Gasteiger partial charge in [-0.2, -0.15) is 0 Å². The zero-order valence-corrected chi connectivity index (χ0v) is 46.4. The first-order valence-electron chi connectivity index (χ1n) is 24.5. The Morgan fingerprint density at radius 2 is 1.06 bits per heavy atom. The van der Waals surface area contributed by atoms with Crippen LogP contribution in [0.3, 0.4) is 0 Å². The van der Waals surface area contributed by atoms with E-state index < -0.39 is 0 Å². The average Bonchev–Trinajstić information content (AvgIpc) is 4.34. The van der Waals surface area contributed by atoms with E-state index in [4.69, 9.17) is 15.2 Å². The number of nitrogens with one attached hydrogen (secondary N) is 2. The number of halogens is 1. The molecule has 4 aromatic carbocycles. The first-order chi connectivity index (χ1) is 38.4. The lowest BCUT2D eigenvalue weighted by Crippen LogP contribution is -2.20. The molecule has 0 spiro atoms. The van der Waals surface area contributed by atoms with Gasteiger partial charge in [0.1, 0.15) is 14.1 Å². The van der Waals surface area contributed by atoms with Gasteiger partial charge < -0.3 is 25.5 Å². The summed E-state index contributed by atoms with van der Waals surface area (Å²) in [5.41, 5.74) is 21.0. The van der Waals surface area contributed by atoms with Gasteiger partial charge in [0.05, 0.1) is 74.2 Å². The third-order valence-corrected chi connectivity index (χ3v) is 16.5. The lowest BCUT2D eigenvalue weighted by atomic mass is 10.1. The summed E-state index contributed by atoms with van der Waals surface area (Å²) in [5.74, 6) is -0.683. The lowest BCUT2D eigenvalue weighted by Gasteiger charge is -2.08. The van der Waals surface area contributed by atoms with Crippen molar-refractivity contribution >= 4 is 128 Å². The van der Waals surface area contributed by atoms with Gasteiger partial charge in [0.15, 0.2) is 0 Å². The molecule has 1 amide bonds. The molecule has 0 saturated carbocycles. The molecule has 16 nitrogen and oxygen atoms in total. The van der Waals surface area contributed by atoms with Gasteiger partial charge in [-0.05, 0) is 127 Å². The van der Waals surface area contributed by atoms with Crippen molar-refractivity contribution in [2.24, 2.45) is 0 Å². The van der Waals surface area contributed by atoms with Crippen molar-refractivity contribution in [3.63, 3.8) is 0 Å². The molecule has 6 heterocycles. The van der Waals surface area contributed by atoms with Crippen LogP contribution in [0.1, 0.15) is 50.1 Å². The van der Waals surface area contributed by atoms with Crippen LogP contribution in [-0.2, 0) is 61.5 Å². The first kappa shape index (κ1) is 53.7. The number of anilines is 2. The van der Waals surface area contributed by atoms with Gasteiger partial charge in [0, 0.05) is 41.3 Å². The number of hydrogen-bond acceptors (Lipinski definition) is 15. The molecule has 6 aromatic heterocycles. The average molecular weight is 1170 g/mol. The number of rotatable bonds is 9. The third-order valence-electron chi connectivity index (χ3n) is 13.1. The molecular weight excluding hydrogens is 1120 g/mol. The van der Waals surface area contributed by atoms with Crippen LogP contribution in [0.15, 0.2) is 163 Å². The summed E-state index contributed by atoms with van der Waals surface area (Å²) in [4.78, 5) is 86.8. The summed E-state index contributed by atoms with van der Waals surface area (Å²) in [6.07, 6.45) is 12.1. The molecule has 0 radical (unpaired) electrons. The van der Waals surface area contributed by atoms with Crippen LogP contribution in [0.4, 0.5) is 11.4 Å². The predicted octanol–water partition coefficient (Wildman–Crippen LogP) is 9.96. The molecule has 0 atom stereocenters. The van der Waals surface area contributed by atoms with Crippen LogP contribution in [0.5, 0.6) is 0 Å². The van der Waals surface area contributed by atoms with E-state index in [1.54, 1.807) is 33.9 Å². The number of nitrogens with two attached hydrogens (primary N) is 1. The SMILES string of the molecule is COC(=O)C1=Cc2cc(CBr)ccc2C1.COC(=O)C1=Cc2cc(Cn3cnc4ccsc4c3=O)ccc2C1.Nc1ccccc1NC(=O)C1=Cc2cc(Cn3cnc4ccsc4c3=O)ccc2C1.O=c1[nH]cnc2ccsc12. The number of thiophene rings is 3. The van der Waals surface area contributed by atoms with Gasteiger partial charge in [-0.25, -0.2) is 24.5 Å². The van der Waals surface area contributed by atoms with Crippen molar-refractivity contribution in [1.82, 2.24) is 29.1 Å². The van der Waals surface area contributed by atoms with Gasteiger partial charge in [-0.3, -0.25) is 28.3 Å². The van der Waals surface area contributed by atoms with Crippen molar-refractivity contribution in [2.75, 3.05) is 25.3 Å². The molecule has 0 saturated heterocycles. The molecule has 396 valence electrons. The highest BCUT2D eigenvalue weighted by Gasteiger charge is 2.22. The van der Waals surface area contributed by atoms with Gasteiger partial charge >= 0.3 is 11.9 Å². The molecule has 0 unspecified atom stereocenters. The van der Waals surface area contributed by atoms with Crippen molar-refractivity contribution in [1.29, 1.82) is 0 Å². The number of hydrogen-bond donors (Lipinski definition) is 3. The highest BCUT2D eigenvalue weighted by Crippen LogP contribution is 2.30. The summed E-state index contributed by atoms with van der Waals surface area (Å²) >= 11 is 7.63. The monoisotopic (exact) mass is 1170 g/mol. The number of fused-ring (bicyclic) bond motifs is 6. The van der Waals surface area contributed by atoms with Gasteiger partial charge in [-0.15, -0.1) is 34.0 Å². The van der Waals surface area contributed by atoms with Crippen LogP contribution < -0.4 is 27.7 Å². The molecule has 79 heavy (non-hydrogen) atoms. The van der Waals surface area contributed by atoms with Gasteiger partial charge in [0.2, 0.25) is 0 Å². The number of alkyl halides is 1. The summed E-state index contributed by atoms with van der Waals surface area (Å²) in [6.45, 7) is 0.886. The number of ether oxygens (including phenoxy) is 2. The molecule has 20 heteroatoms. The van der Waals surface area contributed by atoms with Crippen molar-refractivity contribution in [3.8, 4) is 0 Å². The van der Waals surface area contributed by atoms with Gasteiger partial charge in [-0.1, -0.05) is 70.5 Å². The van der Waals surface area contributed by atoms with E-state index in [9.17, 15) is 28.8 Å². The molecule has 3 aliphatic rings. The lowest BCUT2D eigenvalue weighted by molar-refractivity contribution is -0.136. The maximum atomic E-state index is 12.7. The zero-order valence-electron chi connectivity index (χ0n) is 42.4. The highest BCUT2D eigenvalue weighted by molar-refractivity contribution is 9.08. The number of amides is 1. The van der Waals surface area contributed by atoms with Crippen molar-refractivity contribution < 1.29 is 23.9 Å². The second-order valence-electron chi connectivity index (χ2n) is 18.3. The number of benzene rings is 4. The van der Waals surface area contributed by atoms with Crippen molar-refractivity contribution in [3.05, 3.63) is 230 Å². The second-order valence-corrected chi connectivity index (χ2v) is 21.6. The van der Waals surface area contributed by atoms with E-state index in [1.165, 1.54) is 65.7 Å². The number of methoxy groups -OCH3 is 2. The fourth-order valence-corrected chi connectivity index (χ4v) is 11.8. The number of carbonyl (C=O) groups excluding carboxylic acids is 3. The van der Waals surface area contributed by atoms with E-state index in [-0.39, 0.29) is 34.5 Å². The Hall–Kier alpha value is -8.69. The minimum atomic E-state index is -0.295. The quantitative estimate of drug-likeness (QED) is 0.0698. The maximum absolute atomic E-state index is 12.7. The molecular formula is C59H47BrN8O8S3. The molecule has 0 bridgehead atoms. The molecule has 10 aromatic rings. The Labute approximate surface area is 471 Å². The number of H-pyrrole nitrogens is 1. The van der Waals surface area contributed by atoms with Crippen LogP contribution in [0.2, 0.25) is 0 Å². The first-order valence-corrected chi connectivity index (χ1v) is 28.2. The predicted molar refractivity (Wildman–Crippen MR) is 317 cm³/mol. The molecule has 13 rings (SSSR count). The number of aromatic amines is 1. The Morgan fingerprint density at radius 1 is 0.608 bits per heavy atom. The molecule has 0 fully saturated rings. The van der Waals surface area contributed by atoms with Crippen LogP contribution in [0, 0.1) is 0 Å². The normalized spacial score (nSPS) is 12.6. The summed E-state index contributed by atoms with van der Waals surface area (Å²) in [5, 5.41) is 9.31.